The van der Waals surface area contributed by atoms with Crippen molar-refractivity contribution in [3.63, 3.8) is 0 Å². The van der Waals surface area contributed by atoms with Crippen LogP contribution in [0.2, 0.25) is 0 Å². The first kappa shape index (κ1) is 19.9. The van der Waals surface area contributed by atoms with E-state index >= 15 is 0 Å². The van der Waals surface area contributed by atoms with Crippen LogP contribution in [0.4, 0.5) is 13.2 Å². The zero-order valence-electron chi connectivity index (χ0n) is 15.5. The fraction of sp³-hybridized carbons (Fsp3) is 0.889. The van der Waals surface area contributed by atoms with Crippen molar-refractivity contribution in [2.45, 2.75) is 64.2 Å². The van der Waals surface area contributed by atoms with Crippen molar-refractivity contribution >= 4 is 0 Å². The topological polar surface area (TPSA) is 49.0 Å². The van der Waals surface area contributed by atoms with Gasteiger partial charge in [-0.2, -0.15) is 13.2 Å². The molecule has 5 atom stereocenters. The summed E-state index contributed by atoms with van der Waals surface area (Å²) >= 11 is 0. The van der Waals surface area contributed by atoms with Gasteiger partial charge in [0.25, 0.3) is 0 Å². The Kier molecular flexibility index (Phi) is 5.86. The first-order chi connectivity index (χ1) is 12.2. The van der Waals surface area contributed by atoms with Crippen LogP contribution < -0.4 is 5.32 Å². The zero-order chi connectivity index (χ0) is 18.9. The Morgan fingerprint density at radius 3 is 2.69 bits per heavy atom. The summed E-state index contributed by atoms with van der Waals surface area (Å²) in [6, 6.07) is 0. The van der Waals surface area contributed by atoms with E-state index < -0.39 is 24.0 Å². The van der Waals surface area contributed by atoms with E-state index in [0.717, 1.165) is 25.7 Å². The smallest absolute Gasteiger partial charge is 0.449 e. The number of halogens is 3. The van der Waals surface area contributed by atoms with Gasteiger partial charge < -0.3 is 14.8 Å². The molecule has 2 aliphatic heterocycles. The maximum Gasteiger partial charge on any atom is 0.449 e. The SMILES string of the molecule is CNC/C1=C(\C(F)(F)F)O[C@H]2COOC(C)(CCC3C[C@H]1CC[C@H]3C)O2. The lowest BCUT2D eigenvalue weighted by Gasteiger charge is -2.38. The average Bonchev–Trinajstić information content (AvgIpc) is 2.57. The van der Waals surface area contributed by atoms with Crippen molar-refractivity contribution < 1.29 is 32.4 Å². The van der Waals surface area contributed by atoms with Crippen LogP contribution >= 0.6 is 0 Å². The minimum atomic E-state index is -4.59. The first-order valence-electron chi connectivity index (χ1n) is 9.32. The van der Waals surface area contributed by atoms with Crippen molar-refractivity contribution in [2.75, 3.05) is 20.2 Å². The van der Waals surface area contributed by atoms with Crippen LogP contribution in [0.3, 0.4) is 0 Å². The van der Waals surface area contributed by atoms with Crippen molar-refractivity contribution in [1.82, 2.24) is 5.32 Å². The van der Waals surface area contributed by atoms with E-state index in [0.29, 0.717) is 18.3 Å². The molecule has 26 heavy (non-hydrogen) atoms. The molecule has 3 rings (SSSR count). The molecule has 1 N–H and O–H groups in total. The molecule has 2 heterocycles. The van der Waals surface area contributed by atoms with Gasteiger partial charge in [0.1, 0.15) is 6.61 Å². The lowest BCUT2D eigenvalue weighted by Crippen LogP contribution is -2.45. The van der Waals surface area contributed by atoms with Crippen molar-refractivity contribution in [2.24, 2.45) is 17.8 Å². The maximum absolute atomic E-state index is 13.8. The number of fused-ring (bicyclic) bond motifs is 4. The number of alkyl halides is 3. The third kappa shape index (κ3) is 4.35. The molecule has 3 aliphatic rings. The van der Waals surface area contributed by atoms with E-state index in [2.05, 4.69) is 12.2 Å². The van der Waals surface area contributed by atoms with Crippen LogP contribution in [0.1, 0.15) is 46.0 Å². The number of rotatable bonds is 2. The third-order valence-corrected chi connectivity index (χ3v) is 5.81. The maximum atomic E-state index is 13.8. The number of hydrogen-bond donors (Lipinski definition) is 1. The summed E-state index contributed by atoms with van der Waals surface area (Å²) in [5.41, 5.74) is 0.288. The molecule has 1 saturated heterocycles. The summed E-state index contributed by atoms with van der Waals surface area (Å²) in [4.78, 5) is 10.3. The fourth-order valence-electron chi connectivity index (χ4n) is 4.34. The molecule has 0 aromatic rings. The summed E-state index contributed by atoms with van der Waals surface area (Å²) in [6.07, 6.45) is -1.98. The molecule has 0 spiro atoms. The van der Waals surface area contributed by atoms with E-state index in [4.69, 9.17) is 19.2 Å². The van der Waals surface area contributed by atoms with Gasteiger partial charge in [0.15, 0.2) is 0 Å². The van der Waals surface area contributed by atoms with Crippen LogP contribution in [0, 0.1) is 17.8 Å². The van der Waals surface area contributed by atoms with Gasteiger partial charge in [0, 0.05) is 13.0 Å². The summed E-state index contributed by atoms with van der Waals surface area (Å²) in [5.74, 6) is -1.41. The lowest BCUT2D eigenvalue weighted by atomic mass is 9.70. The molecule has 2 fully saturated rings. The van der Waals surface area contributed by atoms with Gasteiger partial charge in [-0.15, -0.1) is 0 Å². The Balaban J connectivity index is 2.02. The highest BCUT2D eigenvalue weighted by molar-refractivity contribution is 5.19. The van der Waals surface area contributed by atoms with E-state index in [-0.39, 0.29) is 24.6 Å². The molecular formula is C18H28F3NO4. The number of allylic oxidation sites excluding steroid dienone is 1. The van der Waals surface area contributed by atoms with E-state index in [1.807, 2.05) is 0 Å². The Hall–Kier alpha value is -0.830. The quantitative estimate of drug-likeness (QED) is 0.738. The van der Waals surface area contributed by atoms with Crippen LogP contribution in [-0.4, -0.2) is 38.5 Å². The molecule has 1 aliphatic carbocycles. The van der Waals surface area contributed by atoms with Crippen LogP contribution in [-0.2, 0) is 19.2 Å². The molecule has 1 saturated carbocycles. The highest BCUT2D eigenvalue weighted by Crippen LogP contribution is 2.45. The van der Waals surface area contributed by atoms with Gasteiger partial charge >= 0.3 is 6.18 Å². The van der Waals surface area contributed by atoms with E-state index in [1.165, 1.54) is 0 Å². The summed E-state index contributed by atoms with van der Waals surface area (Å²) in [5, 5.41) is 2.88. The van der Waals surface area contributed by atoms with Gasteiger partial charge in [-0.1, -0.05) is 6.92 Å². The molecule has 0 aromatic heterocycles. The predicted octanol–water partition coefficient (Wildman–Crippen LogP) is 3.91. The van der Waals surface area contributed by atoms with Crippen LogP contribution in [0.15, 0.2) is 11.3 Å². The van der Waals surface area contributed by atoms with Crippen molar-refractivity contribution in [1.29, 1.82) is 0 Å². The van der Waals surface area contributed by atoms with Crippen molar-refractivity contribution in [3.8, 4) is 0 Å². The van der Waals surface area contributed by atoms with Gasteiger partial charge in [0.05, 0.1) is 0 Å². The van der Waals surface area contributed by atoms with Gasteiger partial charge in [-0.25, -0.2) is 9.78 Å². The molecule has 0 aromatic carbocycles. The number of likely N-dealkylation sites (N-methyl/N-ethyl adjacent to an activating group) is 1. The molecule has 2 unspecified atom stereocenters. The zero-order valence-corrected chi connectivity index (χ0v) is 15.5. The summed E-state index contributed by atoms with van der Waals surface area (Å²) < 4.78 is 52.6. The molecule has 0 amide bonds. The predicted molar refractivity (Wildman–Crippen MR) is 87.6 cm³/mol. The first-order valence-corrected chi connectivity index (χ1v) is 9.32. The molecular weight excluding hydrogens is 351 g/mol. The highest BCUT2D eigenvalue weighted by atomic mass is 19.4. The van der Waals surface area contributed by atoms with Gasteiger partial charge in [0.2, 0.25) is 17.8 Å². The minimum absolute atomic E-state index is 0.141. The number of ether oxygens (including phenoxy) is 2. The monoisotopic (exact) mass is 379 g/mol. The molecule has 5 nitrogen and oxygen atoms in total. The molecule has 150 valence electrons. The Labute approximate surface area is 152 Å². The second-order valence-corrected chi connectivity index (χ2v) is 7.84. The third-order valence-electron chi connectivity index (χ3n) is 5.81. The van der Waals surface area contributed by atoms with Gasteiger partial charge in [-0.3, -0.25) is 0 Å². The molecule has 8 heteroatoms. The second-order valence-electron chi connectivity index (χ2n) is 7.84. The standard InChI is InChI=1S/C18H28F3NO4/c1-11-4-5-13-8-12(11)6-7-17(2)25-15(10-23-26-17)24-16(18(19,20)21)14(13)9-22-3/h11-13,15,22H,4-10H2,1-3H3/b16-14-/t11-,12?,13-,15-,17?/m1/s1. The average molecular weight is 379 g/mol. The van der Waals surface area contributed by atoms with Crippen LogP contribution in [0.5, 0.6) is 0 Å². The number of nitrogens with one attached hydrogen (secondary N) is 1. The Morgan fingerprint density at radius 1 is 1.23 bits per heavy atom. The normalized spacial score (nSPS) is 41.9. The highest BCUT2D eigenvalue weighted by Gasteiger charge is 2.46. The summed E-state index contributed by atoms with van der Waals surface area (Å²) in [7, 11) is 1.65. The number of hydrogen-bond acceptors (Lipinski definition) is 5. The molecule has 0 radical (unpaired) electrons. The lowest BCUT2D eigenvalue weighted by molar-refractivity contribution is -0.499. The fourth-order valence-corrected chi connectivity index (χ4v) is 4.34. The van der Waals surface area contributed by atoms with E-state index in [9.17, 15) is 13.2 Å². The van der Waals surface area contributed by atoms with Crippen molar-refractivity contribution in [3.05, 3.63) is 11.3 Å². The Bertz CT molecular complexity index is 539. The Morgan fingerprint density at radius 2 is 2.00 bits per heavy atom. The largest absolute Gasteiger partial charge is 0.457 e. The minimum Gasteiger partial charge on any atom is -0.457 e. The van der Waals surface area contributed by atoms with Crippen LogP contribution in [0.25, 0.3) is 0 Å². The van der Waals surface area contributed by atoms with Gasteiger partial charge in [-0.05, 0) is 63.0 Å². The second kappa shape index (κ2) is 7.66. The van der Waals surface area contributed by atoms with E-state index in [1.54, 1.807) is 14.0 Å². The molecule has 4 bridgehead atoms. The summed E-state index contributed by atoms with van der Waals surface area (Å²) in [6.45, 7) is 3.80.